The molecule has 2 rings (SSSR count). The van der Waals surface area contributed by atoms with E-state index in [9.17, 15) is 9.90 Å². The molecule has 1 fully saturated rings. The molecule has 1 N–H and O–H groups in total. The van der Waals surface area contributed by atoms with Crippen LogP contribution in [0.3, 0.4) is 0 Å². The number of hydrogen-bond donors (Lipinski definition) is 1. The van der Waals surface area contributed by atoms with Gasteiger partial charge in [0.25, 0.3) is 0 Å². The van der Waals surface area contributed by atoms with Crippen molar-refractivity contribution in [1.82, 2.24) is 0 Å². The highest BCUT2D eigenvalue weighted by Crippen LogP contribution is 2.50. The summed E-state index contributed by atoms with van der Waals surface area (Å²) in [4.78, 5) is 14.4. The number of nitriles is 1. The number of rotatable bonds is 3. The minimum atomic E-state index is -0.744. The van der Waals surface area contributed by atoms with Gasteiger partial charge in [0.15, 0.2) is 11.5 Å². The highest BCUT2D eigenvalue weighted by Gasteiger charge is 2.41. The van der Waals surface area contributed by atoms with Crippen LogP contribution in [0.4, 0.5) is 0 Å². The number of nitrogens with zero attached hydrogens (tertiary/aromatic N) is 2. The Balaban J connectivity index is 2.63. The molecule has 92 valence electrons. The van der Waals surface area contributed by atoms with Crippen molar-refractivity contribution in [3.8, 4) is 17.6 Å². The van der Waals surface area contributed by atoms with Crippen LogP contribution in [0.25, 0.3) is 0 Å². The van der Waals surface area contributed by atoms with Gasteiger partial charge in [0.1, 0.15) is 5.54 Å². The molecule has 5 nitrogen and oxygen atoms in total. The summed E-state index contributed by atoms with van der Waals surface area (Å²) >= 11 is 0. The molecule has 0 aliphatic heterocycles. The number of methoxy groups -OCH3 is 1. The molecule has 1 aromatic rings. The second-order valence-electron chi connectivity index (χ2n) is 4.27. The molecule has 1 aliphatic rings. The van der Waals surface area contributed by atoms with Crippen molar-refractivity contribution in [3.63, 3.8) is 0 Å². The van der Waals surface area contributed by atoms with Crippen molar-refractivity contribution in [2.45, 2.75) is 24.8 Å². The second-order valence-corrected chi connectivity index (χ2v) is 4.27. The third kappa shape index (κ3) is 1.73. The Kier molecular flexibility index (Phi) is 3.05. The number of phenols is 1. The van der Waals surface area contributed by atoms with Gasteiger partial charge < -0.3 is 9.84 Å². The zero-order valence-electron chi connectivity index (χ0n) is 9.93. The van der Waals surface area contributed by atoms with Gasteiger partial charge in [-0.15, -0.1) is 0 Å². The van der Waals surface area contributed by atoms with Gasteiger partial charge >= 0.3 is 0 Å². The maximum absolute atomic E-state index is 10.5. The monoisotopic (exact) mass is 244 g/mol. The van der Waals surface area contributed by atoms with Gasteiger partial charge in [0, 0.05) is 11.6 Å². The third-order valence-electron chi connectivity index (χ3n) is 3.37. The highest BCUT2D eigenvalue weighted by atomic mass is 16.5. The van der Waals surface area contributed by atoms with Gasteiger partial charge in [0.2, 0.25) is 6.08 Å². The Morgan fingerprint density at radius 2 is 2.22 bits per heavy atom. The summed E-state index contributed by atoms with van der Waals surface area (Å²) in [5, 5.41) is 19.1. The molecule has 0 unspecified atom stereocenters. The van der Waals surface area contributed by atoms with Gasteiger partial charge in [-0.05, 0) is 25.3 Å². The van der Waals surface area contributed by atoms with Gasteiger partial charge in [-0.1, -0.05) is 0 Å². The van der Waals surface area contributed by atoms with Crippen LogP contribution in [0.5, 0.6) is 11.5 Å². The smallest absolute Gasteiger partial charge is 0.235 e. The van der Waals surface area contributed by atoms with Gasteiger partial charge in [-0.25, -0.2) is 4.79 Å². The number of hydrogen-bond acceptors (Lipinski definition) is 5. The molecule has 5 heteroatoms. The molecular formula is C13H12N2O3. The summed E-state index contributed by atoms with van der Waals surface area (Å²) in [7, 11) is 1.41. The summed E-state index contributed by atoms with van der Waals surface area (Å²) in [6.07, 6.45) is 3.79. The van der Waals surface area contributed by atoms with E-state index in [1.165, 1.54) is 13.2 Å². The van der Waals surface area contributed by atoms with E-state index >= 15 is 0 Å². The van der Waals surface area contributed by atoms with Crippen molar-refractivity contribution in [3.05, 3.63) is 23.3 Å². The summed E-state index contributed by atoms with van der Waals surface area (Å²) in [5.41, 5.74) is 0.0893. The van der Waals surface area contributed by atoms with Crippen LogP contribution in [0.1, 0.15) is 30.4 Å². The fourth-order valence-corrected chi connectivity index (χ4v) is 2.22. The second kappa shape index (κ2) is 4.52. The van der Waals surface area contributed by atoms with Crippen LogP contribution in [0.2, 0.25) is 0 Å². The minimum Gasteiger partial charge on any atom is -0.504 e. The number of carbonyl (C=O) groups excluding carboxylic acids is 1. The van der Waals surface area contributed by atoms with Crippen molar-refractivity contribution >= 4 is 6.08 Å². The van der Waals surface area contributed by atoms with Crippen molar-refractivity contribution < 1.29 is 14.6 Å². The maximum Gasteiger partial charge on any atom is 0.235 e. The van der Waals surface area contributed by atoms with Crippen molar-refractivity contribution in [2.75, 3.05) is 7.11 Å². The van der Waals surface area contributed by atoms with Gasteiger partial charge in [-0.2, -0.15) is 10.3 Å². The summed E-state index contributed by atoms with van der Waals surface area (Å²) in [6.45, 7) is 0. The first-order chi connectivity index (χ1) is 8.66. The zero-order chi connectivity index (χ0) is 13.2. The number of aromatic hydroxyl groups is 1. The first-order valence-electron chi connectivity index (χ1n) is 5.57. The van der Waals surface area contributed by atoms with E-state index in [-0.39, 0.29) is 11.5 Å². The van der Waals surface area contributed by atoms with E-state index in [1.807, 2.05) is 6.07 Å². The van der Waals surface area contributed by atoms with Gasteiger partial charge in [0.05, 0.1) is 18.7 Å². The van der Waals surface area contributed by atoms with E-state index in [2.05, 4.69) is 4.99 Å². The normalized spacial score (nSPS) is 16.0. The summed E-state index contributed by atoms with van der Waals surface area (Å²) in [6, 6.07) is 5.01. The predicted molar refractivity (Wildman–Crippen MR) is 63.0 cm³/mol. The Morgan fingerprint density at radius 1 is 1.50 bits per heavy atom. The topological polar surface area (TPSA) is 82.7 Å². The molecule has 0 amide bonds. The largest absolute Gasteiger partial charge is 0.504 e. The molecule has 0 aromatic heterocycles. The predicted octanol–water partition coefficient (Wildman–Crippen LogP) is 1.99. The van der Waals surface area contributed by atoms with Gasteiger partial charge in [-0.3, -0.25) is 0 Å². The van der Waals surface area contributed by atoms with E-state index < -0.39 is 5.54 Å². The lowest BCUT2D eigenvalue weighted by Crippen LogP contribution is -2.32. The van der Waals surface area contributed by atoms with E-state index in [1.54, 1.807) is 12.1 Å². The van der Waals surface area contributed by atoms with E-state index in [0.717, 1.165) is 6.42 Å². The molecule has 1 saturated carbocycles. The van der Waals surface area contributed by atoms with Crippen LogP contribution in [0.15, 0.2) is 17.1 Å². The molecule has 0 atom stereocenters. The standard InChI is InChI=1S/C13H12N2O3/c1-18-11-6-9(7-14)5-10(12(11)17)13(15-8-16)3-2-4-13/h5-6,17H,2-4H2,1H3. The zero-order valence-corrected chi connectivity index (χ0v) is 9.93. The Labute approximate surface area is 104 Å². The third-order valence-corrected chi connectivity index (χ3v) is 3.37. The molecule has 0 heterocycles. The maximum atomic E-state index is 10.5. The van der Waals surface area contributed by atoms with Crippen molar-refractivity contribution in [2.24, 2.45) is 4.99 Å². The first-order valence-corrected chi connectivity index (χ1v) is 5.57. The highest BCUT2D eigenvalue weighted by molar-refractivity contribution is 5.56. The Bertz CT molecular complexity index is 564. The number of aliphatic imine (C=N–C) groups is 1. The van der Waals surface area contributed by atoms with Crippen LogP contribution in [0, 0.1) is 11.3 Å². The number of benzene rings is 1. The van der Waals surface area contributed by atoms with E-state index in [0.29, 0.717) is 24.0 Å². The Morgan fingerprint density at radius 3 is 2.67 bits per heavy atom. The number of ether oxygens (including phenoxy) is 1. The van der Waals surface area contributed by atoms with Crippen molar-refractivity contribution in [1.29, 1.82) is 5.26 Å². The fourth-order valence-electron chi connectivity index (χ4n) is 2.22. The molecule has 0 spiro atoms. The van der Waals surface area contributed by atoms with Crippen LogP contribution < -0.4 is 4.74 Å². The number of phenolic OH excluding ortho intramolecular Hbond substituents is 1. The van der Waals surface area contributed by atoms with Crippen LogP contribution >= 0.6 is 0 Å². The molecule has 0 bridgehead atoms. The fraction of sp³-hybridized carbons (Fsp3) is 0.385. The lowest BCUT2D eigenvalue weighted by Gasteiger charge is -2.37. The lowest BCUT2D eigenvalue weighted by atomic mass is 9.71. The molecule has 1 aromatic carbocycles. The van der Waals surface area contributed by atoms with Crippen LogP contribution in [-0.4, -0.2) is 18.3 Å². The molecule has 0 radical (unpaired) electrons. The lowest BCUT2D eigenvalue weighted by molar-refractivity contribution is 0.244. The molecule has 18 heavy (non-hydrogen) atoms. The summed E-state index contributed by atoms with van der Waals surface area (Å²) in [5.74, 6) is 0.159. The SMILES string of the molecule is COc1cc(C#N)cc(C2(N=C=O)CCC2)c1O. The summed E-state index contributed by atoms with van der Waals surface area (Å²) < 4.78 is 5.03. The molecule has 0 saturated heterocycles. The molecular weight excluding hydrogens is 232 g/mol. The van der Waals surface area contributed by atoms with Crippen LogP contribution in [-0.2, 0) is 10.3 Å². The molecule has 1 aliphatic carbocycles. The minimum absolute atomic E-state index is 0.0600. The first kappa shape index (κ1) is 12.2. The quantitative estimate of drug-likeness (QED) is 0.651. The number of isocyanates is 1. The Hall–Kier alpha value is -2.31. The average Bonchev–Trinajstić information content (AvgIpc) is 2.34. The average molecular weight is 244 g/mol. The van der Waals surface area contributed by atoms with E-state index in [4.69, 9.17) is 10.00 Å².